The molecule has 1 aliphatic carbocycles. The minimum absolute atomic E-state index is 0.0648. The lowest BCUT2D eigenvalue weighted by atomic mass is 9.79. The Hall–Kier alpha value is -1.79. The Labute approximate surface area is 169 Å². The molecule has 0 bridgehead atoms. The van der Waals surface area contributed by atoms with Crippen LogP contribution >= 0.6 is 0 Å². The molecule has 1 aromatic rings. The molecule has 0 spiro atoms. The van der Waals surface area contributed by atoms with Gasteiger partial charge in [-0.15, -0.1) is 0 Å². The molecule has 1 atom stereocenters. The van der Waals surface area contributed by atoms with E-state index in [4.69, 9.17) is 9.47 Å². The monoisotopic (exact) mass is 389 g/mol. The summed E-state index contributed by atoms with van der Waals surface area (Å²) in [4.78, 5) is 17.8. The first-order valence-corrected chi connectivity index (χ1v) is 10.5. The fraction of sp³-hybridized carbons (Fsp3) is 0.682. The summed E-state index contributed by atoms with van der Waals surface area (Å²) in [6.07, 6.45) is 5.56. The first-order valence-electron chi connectivity index (χ1n) is 10.5. The zero-order chi connectivity index (χ0) is 20.0. The third-order valence-corrected chi connectivity index (χ3v) is 6.29. The number of para-hydroxylation sites is 2. The third kappa shape index (κ3) is 4.97. The van der Waals surface area contributed by atoms with Crippen LogP contribution in [0.2, 0.25) is 0 Å². The van der Waals surface area contributed by atoms with E-state index in [9.17, 15) is 4.79 Å². The van der Waals surface area contributed by atoms with Gasteiger partial charge in [0.1, 0.15) is 0 Å². The Morgan fingerprint density at radius 1 is 1.11 bits per heavy atom. The van der Waals surface area contributed by atoms with E-state index >= 15 is 0 Å². The molecule has 156 valence electrons. The number of methoxy groups -OCH3 is 1. The van der Waals surface area contributed by atoms with E-state index in [0.29, 0.717) is 18.0 Å². The van der Waals surface area contributed by atoms with Crippen molar-refractivity contribution in [1.29, 1.82) is 0 Å². The maximum atomic E-state index is 12.8. The highest BCUT2D eigenvalue weighted by molar-refractivity contribution is 5.80. The summed E-state index contributed by atoms with van der Waals surface area (Å²) >= 11 is 0. The summed E-state index contributed by atoms with van der Waals surface area (Å²) in [6.45, 7) is 6.87. The van der Waals surface area contributed by atoms with Crippen molar-refractivity contribution in [2.24, 2.45) is 0 Å². The Bertz CT molecular complexity index is 638. The molecule has 2 aliphatic rings. The molecular formula is C22H35N3O3. The first-order chi connectivity index (χ1) is 13.5. The molecule has 6 nitrogen and oxygen atoms in total. The molecule has 2 fully saturated rings. The second-order valence-corrected chi connectivity index (χ2v) is 8.20. The first kappa shape index (κ1) is 20.9. The number of carbonyl (C=O) groups is 1. The van der Waals surface area contributed by atoms with Crippen LogP contribution in [-0.4, -0.2) is 74.2 Å². The fourth-order valence-corrected chi connectivity index (χ4v) is 4.45. The molecule has 0 aromatic heterocycles. The topological polar surface area (TPSA) is 54.0 Å². The van der Waals surface area contributed by atoms with Crippen LogP contribution < -0.4 is 14.8 Å². The molecule has 3 rings (SSSR count). The van der Waals surface area contributed by atoms with Crippen molar-refractivity contribution >= 4 is 5.91 Å². The number of rotatable bonds is 7. The van der Waals surface area contributed by atoms with E-state index in [0.717, 1.165) is 26.2 Å². The molecule has 1 N–H and O–H groups in total. The molecular weight excluding hydrogens is 354 g/mol. The second-order valence-electron chi connectivity index (χ2n) is 8.20. The van der Waals surface area contributed by atoms with Crippen molar-refractivity contribution in [2.45, 2.75) is 50.7 Å². The van der Waals surface area contributed by atoms with Crippen molar-refractivity contribution < 1.29 is 14.3 Å². The minimum atomic E-state index is -0.565. The van der Waals surface area contributed by atoms with Crippen LogP contribution in [0.4, 0.5) is 0 Å². The minimum Gasteiger partial charge on any atom is -0.493 e. The molecule has 28 heavy (non-hydrogen) atoms. The zero-order valence-corrected chi connectivity index (χ0v) is 17.6. The van der Waals surface area contributed by atoms with Crippen molar-refractivity contribution in [2.75, 3.05) is 46.9 Å². The number of nitrogens with one attached hydrogen (secondary N) is 1. The van der Waals surface area contributed by atoms with Crippen LogP contribution in [0.25, 0.3) is 0 Å². The van der Waals surface area contributed by atoms with E-state index in [1.54, 1.807) is 14.0 Å². The average Bonchev–Trinajstić information content (AvgIpc) is 2.73. The van der Waals surface area contributed by atoms with E-state index in [2.05, 4.69) is 22.2 Å². The van der Waals surface area contributed by atoms with Gasteiger partial charge in [0.05, 0.1) is 7.11 Å². The Morgan fingerprint density at radius 2 is 1.75 bits per heavy atom. The van der Waals surface area contributed by atoms with Crippen molar-refractivity contribution in [3.05, 3.63) is 24.3 Å². The largest absolute Gasteiger partial charge is 0.493 e. The Kier molecular flexibility index (Phi) is 7.18. The molecule has 6 heteroatoms. The quantitative estimate of drug-likeness (QED) is 0.777. The van der Waals surface area contributed by atoms with E-state index < -0.39 is 6.10 Å². The van der Waals surface area contributed by atoms with Gasteiger partial charge in [0.15, 0.2) is 17.6 Å². The van der Waals surface area contributed by atoms with Gasteiger partial charge in [-0.3, -0.25) is 9.69 Å². The Balaban J connectivity index is 1.60. The molecule has 1 amide bonds. The van der Waals surface area contributed by atoms with Gasteiger partial charge in [-0.2, -0.15) is 0 Å². The molecule has 0 radical (unpaired) electrons. The highest BCUT2D eigenvalue weighted by atomic mass is 16.5. The standard InChI is InChI=1S/C22H35N3O3/c1-18(28-20-10-6-5-9-19(20)27-3)21(26)23-17-22(11-7-4-8-12-22)25-15-13-24(2)14-16-25/h5-6,9-10,18H,4,7-8,11-17H2,1-3H3,(H,23,26)/t18-/m1/s1. The molecule has 1 aliphatic heterocycles. The SMILES string of the molecule is COc1ccccc1O[C@H](C)C(=O)NCC1(N2CCN(C)CC2)CCCCC1. The maximum Gasteiger partial charge on any atom is 0.260 e. The van der Waals surface area contributed by atoms with Gasteiger partial charge >= 0.3 is 0 Å². The van der Waals surface area contributed by atoms with E-state index in [1.807, 2.05) is 24.3 Å². The number of piperazine rings is 1. The number of hydrogen-bond acceptors (Lipinski definition) is 5. The number of benzene rings is 1. The summed E-state index contributed by atoms with van der Waals surface area (Å²) in [6, 6.07) is 7.44. The predicted octanol–water partition coefficient (Wildman–Crippen LogP) is 2.53. The number of carbonyl (C=O) groups excluding carboxylic acids is 1. The highest BCUT2D eigenvalue weighted by Crippen LogP contribution is 2.34. The molecule has 1 heterocycles. The van der Waals surface area contributed by atoms with Gasteiger partial charge < -0.3 is 19.7 Å². The number of hydrogen-bond donors (Lipinski definition) is 1. The lowest BCUT2D eigenvalue weighted by Crippen LogP contribution is -2.62. The van der Waals surface area contributed by atoms with Gasteiger partial charge in [-0.1, -0.05) is 31.4 Å². The normalized spacial score (nSPS) is 21.7. The van der Waals surface area contributed by atoms with Crippen LogP contribution in [0, 0.1) is 0 Å². The lowest BCUT2D eigenvalue weighted by Gasteiger charge is -2.49. The number of likely N-dealkylation sites (N-methyl/N-ethyl adjacent to an activating group) is 1. The predicted molar refractivity (Wildman–Crippen MR) is 111 cm³/mol. The van der Waals surface area contributed by atoms with Crippen LogP contribution in [0.5, 0.6) is 11.5 Å². The summed E-state index contributed by atoms with van der Waals surface area (Å²) in [5.41, 5.74) is 0.0966. The van der Waals surface area contributed by atoms with Crippen LogP contribution in [-0.2, 0) is 4.79 Å². The highest BCUT2D eigenvalue weighted by Gasteiger charge is 2.39. The van der Waals surface area contributed by atoms with Gasteiger partial charge in [-0.05, 0) is 38.9 Å². The van der Waals surface area contributed by atoms with Gasteiger partial charge in [0.2, 0.25) is 0 Å². The lowest BCUT2D eigenvalue weighted by molar-refractivity contribution is -0.128. The van der Waals surface area contributed by atoms with Crippen molar-refractivity contribution in [1.82, 2.24) is 15.1 Å². The van der Waals surface area contributed by atoms with Crippen LogP contribution in [0.3, 0.4) is 0 Å². The maximum absolute atomic E-state index is 12.8. The van der Waals surface area contributed by atoms with Crippen LogP contribution in [0.1, 0.15) is 39.0 Å². The van der Waals surface area contributed by atoms with Gasteiger partial charge in [-0.25, -0.2) is 0 Å². The fourth-order valence-electron chi connectivity index (χ4n) is 4.45. The summed E-state index contributed by atoms with van der Waals surface area (Å²) in [5.74, 6) is 1.17. The van der Waals surface area contributed by atoms with Gasteiger partial charge in [0.25, 0.3) is 5.91 Å². The summed E-state index contributed by atoms with van der Waals surface area (Å²) in [7, 11) is 3.79. The summed E-state index contributed by atoms with van der Waals surface area (Å²) < 4.78 is 11.2. The van der Waals surface area contributed by atoms with Crippen molar-refractivity contribution in [3.63, 3.8) is 0 Å². The van der Waals surface area contributed by atoms with E-state index in [1.165, 1.54) is 32.1 Å². The smallest absolute Gasteiger partial charge is 0.260 e. The average molecular weight is 390 g/mol. The second kappa shape index (κ2) is 9.61. The zero-order valence-electron chi connectivity index (χ0n) is 17.6. The molecule has 1 aromatic carbocycles. The molecule has 1 saturated heterocycles. The van der Waals surface area contributed by atoms with Crippen molar-refractivity contribution in [3.8, 4) is 11.5 Å². The number of ether oxygens (including phenoxy) is 2. The van der Waals surface area contributed by atoms with Crippen LogP contribution in [0.15, 0.2) is 24.3 Å². The Morgan fingerprint density at radius 3 is 2.39 bits per heavy atom. The summed E-state index contributed by atoms with van der Waals surface area (Å²) in [5, 5.41) is 3.20. The third-order valence-electron chi connectivity index (χ3n) is 6.29. The van der Waals surface area contributed by atoms with Gasteiger partial charge in [0, 0.05) is 38.3 Å². The number of nitrogens with zero attached hydrogens (tertiary/aromatic N) is 2. The molecule has 1 saturated carbocycles. The van der Waals surface area contributed by atoms with E-state index in [-0.39, 0.29) is 11.4 Å². The molecule has 0 unspecified atom stereocenters. The number of amides is 1.